The van der Waals surface area contributed by atoms with Gasteiger partial charge in [0, 0.05) is 44.7 Å². The van der Waals surface area contributed by atoms with Crippen molar-refractivity contribution >= 4 is 5.82 Å². The lowest BCUT2D eigenvalue weighted by Crippen LogP contribution is -2.35. The number of nitrogens with one attached hydrogen (secondary N) is 1. The summed E-state index contributed by atoms with van der Waals surface area (Å²) in [5.41, 5.74) is 2.45. The molecule has 0 aromatic carbocycles. The fourth-order valence-electron chi connectivity index (χ4n) is 3.54. The Balaban J connectivity index is 1.54. The molecule has 1 saturated heterocycles. The van der Waals surface area contributed by atoms with E-state index >= 15 is 0 Å². The molecule has 7 heteroatoms. The lowest BCUT2D eigenvalue weighted by atomic mass is 9.95. The molecule has 0 radical (unpaired) electrons. The average Bonchev–Trinajstić information content (AvgIpc) is 3.15. The van der Waals surface area contributed by atoms with Crippen LogP contribution in [0, 0.1) is 6.92 Å². The third-order valence-electron chi connectivity index (χ3n) is 4.68. The second kappa shape index (κ2) is 5.31. The van der Waals surface area contributed by atoms with Crippen LogP contribution < -0.4 is 10.2 Å². The van der Waals surface area contributed by atoms with Gasteiger partial charge >= 0.3 is 0 Å². The third kappa shape index (κ3) is 2.25. The maximum Gasteiger partial charge on any atom is 0.137 e. The predicted octanol–water partition coefficient (Wildman–Crippen LogP) is 0.901. The van der Waals surface area contributed by atoms with Gasteiger partial charge < -0.3 is 14.8 Å². The smallest absolute Gasteiger partial charge is 0.137 e. The second-order valence-electron chi connectivity index (χ2n) is 6.18. The van der Waals surface area contributed by atoms with Gasteiger partial charge in [0.25, 0.3) is 0 Å². The van der Waals surface area contributed by atoms with Crippen molar-refractivity contribution in [2.75, 3.05) is 18.0 Å². The summed E-state index contributed by atoms with van der Waals surface area (Å²) >= 11 is 0. The predicted molar refractivity (Wildman–Crippen MR) is 82.5 cm³/mol. The number of nitrogens with zero attached hydrogens (tertiary/aromatic N) is 6. The molecular weight excluding hydrogens is 278 g/mol. The van der Waals surface area contributed by atoms with Gasteiger partial charge in [-0.3, -0.25) is 0 Å². The minimum Gasteiger partial charge on any atom is -0.356 e. The number of rotatable bonds is 2. The molecule has 2 aromatic rings. The van der Waals surface area contributed by atoms with Crippen LogP contribution in [0.2, 0.25) is 0 Å². The average molecular weight is 299 g/mol. The van der Waals surface area contributed by atoms with Crippen LogP contribution in [0.25, 0.3) is 0 Å². The van der Waals surface area contributed by atoms with E-state index in [1.54, 1.807) is 6.33 Å². The number of piperidine rings is 1. The Morgan fingerprint density at radius 1 is 1.18 bits per heavy atom. The molecule has 0 amide bonds. The summed E-state index contributed by atoms with van der Waals surface area (Å²) in [6.07, 6.45) is 3.98. The number of aromatic nitrogens is 5. The van der Waals surface area contributed by atoms with E-state index in [4.69, 9.17) is 4.98 Å². The molecule has 22 heavy (non-hydrogen) atoms. The third-order valence-corrected chi connectivity index (χ3v) is 4.68. The molecule has 0 atom stereocenters. The van der Waals surface area contributed by atoms with Crippen molar-refractivity contribution < 1.29 is 0 Å². The highest BCUT2D eigenvalue weighted by Gasteiger charge is 2.28. The van der Waals surface area contributed by atoms with Gasteiger partial charge in [-0.25, -0.2) is 9.97 Å². The first-order valence-electron chi connectivity index (χ1n) is 7.88. The molecule has 0 aliphatic carbocycles. The summed E-state index contributed by atoms with van der Waals surface area (Å²) in [5.74, 6) is 3.60. The summed E-state index contributed by atoms with van der Waals surface area (Å²) in [7, 11) is 2.02. The Morgan fingerprint density at radius 3 is 2.73 bits per heavy atom. The number of fused-ring (bicyclic) bond motifs is 1. The maximum absolute atomic E-state index is 4.72. The van der Waals surface area contributed by atoms with Gasteiger partial charge in [-0.2, -0.15) is 0 Å². The van der Waals surface area contributed by atoms with Crippen LogP contribution in [0.1, 0.15) is 41.7 Å². The van der Waals surface area contributed by atoms with Crippen molar-refractivity contribution in [2.24, 2.45) is 7.05 Å². The van der Waals surface area contributed by atoms with Crippen LogP contribution >= 0.6 is 0 Å². The van der Waals surface area contributed by atoms with Crippen molar-refractivity contribution in [3.63, 3.8) is 0 Å². The van der Waals surface area contributed by atoms with E-state index in [-0.39, 0.29) is 0 Å². The maximum atomic E-state index is 4.72. The van der Waals surface area contributed by atoms with E-state index in [1.165, 1.54) is 5.56 Å². The minimum absolute atomic E-state index is 0.498. The lowest BCUT2D eigenvalue weighted by Gasteiger charge is -2.33. The van der Waals surface area contributed by atoms with Crippen LogP contribution in [0.15, 0.2) is 6.33 Å². The Hall–Kier alpha value is -2.02. The van der Waals surface area contributed by atoms with E-state index in [0.29, 0.717) is 5.92 Å². The first-order valence-corrected chi connectivity index (χ1v) is 7.88. The summed E-state index contributed by atoms with van der Waals surface area (Å²) in [5, 5.41) is 11.7. The first-order chi connectivity index (χ1) is 10.7. The number of aryl methyl sites for hydroxylation is 2. The summed E-state index contributed by atoms with van der Waals surface area (Å²) < 4.78 is 2.04. The van der Waals surface area contributed by atoms with Crippen molar-refractivity contribution in [1.82, 2.24) is 30.0 Å². The zero-order valence-corrected chi connectivity index (χ0v) is 13.1. The monoisotopic (exact) mass is 299 g/mol. The van der Waals surface area contributed by atoms with E-state index in [1.807, 2.05) is 18.5 Å². The zero-order valence-electron chi connectivity index (χ0n) is 13.1. The highest BCUT2D eigenvalue weighted by atomic mass is 15.3. The molecule has 0 bridgehead atoms. The molecule has 1 N–H and O–H groups in total. The van der Waals surface area contributed by atoms with Crippen LogP contribution in [-0.2, 0) is 20.1 Å². The standard InChI is InChI=1S/C15H21N7/c1-10-18-13-8-16-7-12(13)15(19-10)22-5-3-11(4-6-22)14-20-17-9-21(14)2/h9,11,16H,3-8H2,1-2H3. The Morgan fingerprint density at radius 2 is 2.00 bits per heavy atom. The number of hydrogen-bond donors (Lipinski definition) is 1. The van der Waals surface area contributed by atoms with Gasteiger partial charge in [0.1, 0.15) is 23.8 Å². The Kier molecular flexibility index (Phi) is 3.29. The highest BCUT2D eigenvalue weighted by Crippen LogP contribution is 2.31. The van der Waals surface area contributed by atoms with Gasteiger partial charge in [0.2, 0.25) is 0 Å². The van der Waals surface area contributed by atoms with E-state index in [2.05, 4.69) is 25.4 Å². The molecule has 4 heterocycles. The molecule has 0 saturated carbocycles. The van der Waals surface area contributed by atoms with Crippen molar-refractivity contribution in [1.29, 1.82) is 0 Å². The normalized spacial score (nSPS) is 18.7. The molecule has 2 aromatic heterocycles. The summed E-state index contributed by atoms with van der Waals surface area (Å²) in [6, 6.07) is 0. The van der Waals surface area contributed by atoms with E-state index < -0.39 is 0 Å². The van der Waals surface area contributed by atoms with Crippen LogP contribution in [0.3, 0.4) is 0 Å². The Labute approximate surface area is 129 Å². The van der Waals surface area contributed by atoms with Crippen molar-refractivity contribution in [3.8, 4) is 0 Å². The van der Waals surface area contributed by atoms with E-state index in [9.17, 15) is 0 Å². The number of anilines is 1. The Bertz CT molecular complexity index is 685. The van der Waals surface area contributed by atoms with Crippen molar-refractivity contribution in [2.45, 2.75) is 38.8 Å². The van der Waals surface area contributed by atoms with Gasteiger partial charge in [0.15, 0.2) is 0 Å². The molecule has 4 rings (SSSR count). The van der Waals surface area contributed by atoms with Gasteiger partial charge in [-0.05, 0) is 19.8 Å². The molecule has 7 nitrogen and oxygen atoms in total. The van der Waals surface area contributed by atoms with Gasteiger partial charge in [-0.15, -0.1) is 10.2 Å². The molecule has 0 unspecified atom stereocenters. The lowest BCUT2D eigenvalue weighted by molar-refractivity contribution is 0.471. The summed E-state index contributed by atoms with van der Waals surface area (Å²) in [4.78, 5) is 11.7. The molecule has 2 aliphatic heterocycles. The van der Waals surface area contributed by atoms with Crippen LogP contribution in [0.4, 0.5) is 5.82 Å². The summed E-state index contributed by atoms with van der Waals surface area (Å²) in [6.45, 7) is 5.75. The van der Waals surface area contributed by atoms with E-state index in [0.717, 1.165) is 62.2 Å². The topological polar surface area (TPSA) is 71.8 Å². The molecule has 1 fully saturated rings. The number of hydrogen-bond acceptors (Lipinski definition) is 6. The molecule has 2 aliphatic rings. The molecule has 116 valence electrons. The molecule has 0 spiro atoms. The largest absolute Gasteiger partial charge is 0.356 e. The van der Waals surface area contributed by atoms with Crippen molar-refractivity contribution in [3.05, 3.63) is 29.2 Å². The highest BCUT2D eigenvalue weighted by molar-refractivity contribution is 5.51. The first kappa shape index (κ1) is 13.6. The zero-order chi connectivity index (χ0) is 15.1. The fourth-order valence-corrected chi connectivity index (χ4v) is 3.54. The SMILES string of the molecule is Cc1nc2c(c(N3CCC(c4nncn4C)CC3)n1)CNC2. The van der Waals surface area contributed by atoms with Crippen LogP contribution in [-0.4, -0.2) is 37.8 Å². The fraction of sp³-hybridized carbons (Fsp3) is 0.600. The quantitative estimate of drug-likeness (QED) is 0.888. The van der Waals surface area contributed by atoms with Crippen LogP contribution in [0.5, 0.6) is 0 Å². The minimum atomic E-state index is 0.498. The van der Waals surface area contributed by atoms with Gasteiger partial charge in [-0.1, -0.05) is 0 Å². The van der Waals surface area contributed by atoms with Gasteiger partial charge in [0.05, 0.1) is 5.69 Å². The molecular formula is C15H21N7. The second-order valence-corrected chi connectivity index (χ2v) is 6.18.